The fourth-order valence-electron chi connectivity index (χ4n) is 2.30. The molecule has 18 heavy (non-hydrogen) atoms. The van der Waals surface area contributed by atoms with Crippen molar-refractivity contribution >= 4 is 16.7 Å². The van der Waals surface area contributed by atoms with Gasteiger partial charge < -0.3 is 19.7 Å². The van der Waals surface area contributed by atoms with E-state index in [1.165, 1.54) is 6.07 Å². The van der Waals surface area contributed by atoms with Gasteiger partial charge >= 0.3 is 5.63 Å². The first-order chi connectivity index (χ1) is 8.75. The second kappa shape index (κ2) is 4.34. The molecule has 0 bridgehead atoms. The average molecular weight is 246 g/mol. The number of piperazine rings is 1. The van der Waals surface area contributed by atoms with Gasteiger partial charge in [0.15, 0.2) is 5.58 Å². The van der Waals surface area contributed by atoms with Crippen LogP contribution in [0.4, 0.5) is 5.69 Å². The highest BCUT2D eigenvalue weighted by atomic mass is 16.4. The van der Waals surface area contributed by atoms with Crippen LogP contribution in [-0.2, 0) is 0 Å². The van der Waals surface area contributed by atoms with Crippen molar-refractivity contribution in [3.63, 3.8) is 0 Å². The molecule has 0 atom stereocenters. The summed E-state index contributed by atoms with van der Waals surface area (Å²) in [4.78, 5) is 13.4. The Labute approximate surface area is 104 Å². The Morgan fingerprint density at radius 1 is 1.17 bits per heavy atom. The van der Waals surface area contributed by atoms with Gasteiger partial charge in [-0.2, -0.15) is 0 Å². The lowest BCUT2D eigenvalue weighted by molar-refractivity contribution is 0.468. The zero-order valence-corrected chi connectivity index (χ0v) is 9.85. The number of benzene rings is 1. The normalized spacial score (nSPS) is 16.1. The molecule has 0 amide bonds. The van der Waals surface area contributed by atoms with Crippen molar-refractivity contribution in [1.82, 2.24) is 5.32 Å². The number of phenols is 1. The molecule has 1 saturated heterocycles. The summed E-state index contributed by atoms with van der Waals surface area (Å²) < 4.78 is 5.25. The highest BCUT2D eigenvalue weighted by Gasteiger charge is 2.18. The topological polar surface area (TPSA) is 65.7 Å². The maximum absolute atomic E-state index is 11.4. The molecule has 1 fully saturated rings. The standard InChI is InChI=1S/C13H14N2O3/c16-10-3-1-9-2-4-11(17)18-13(9)12(10)15-7-5-14-6-8-15/h1-4,14,16H,5-8H2. The summed E-state index contributed by atoms with van der Waals surface area (Å²) in [6, 6.07) is 6.49. The lowest BCUT2D eigenvalue weighted by Crippen LogP contribution is -2.43. The largest absolute Gasteiger partial charge is 0.506 e. The van der Waals surface area contributed by atoms with Gasteiger partial charge in [-0.05, 0) is 18.2 Å². The highest BCUT2D eigenvalue weighted by molar-refractivity contribution is 5.92. The zero-order valence-electron chi connectivity index (χ0n) is 9.85. The van der Waals surface area contributed by atoms with E-state index < -0.39 is 5.63 Å². The van der Waals surface area contributed by atoms with Crippen LogP contribution in [0.25, 0.3) is 11.0 Å². The molecule has 1 aromatic carbocycles. The van der Waals surface area contributed by atoms with Crippen LogP contribution in [-0.4, -0.2) is 31.3 Å². The zero-order chi connectivity index (χ0) is 12.5. The van der Waals surface area contributed by atoms with E-state index in [9.17, 15) is 9.90 Å². The van der Waals surface area contributed by atoms with Crippen molar-refractivity contribution in [2.24, 2.45) is 0 Å². The van der Waals surface area contributed by atoms with Crippen LogP contribution in [0.2, 0.25) is 0 Å². The molecule has 1 aliphatic heterocycles. The van der Waals surface area contributed by atoms with Gasteiger partial charge in [0.2, 0.25) is 0 Å². The lowest BCUT2D eigenvalue weighted by Gasteiger charge is -2.30. The number of aromatic hydroxyl groups is 1. The quantitative estimate of drug-likeness (QED) is 0.732. The summed E-state index contributed by atoms with van der Waals surface area (Å²) in [6.07, 6.45) is 0. The number of hydrogen-bond donors (Lipinski definition) is 2. The number of nitrogens with zero attached hydrogens (tertiary/aromatic N) is 1. The molecule has 0 radical (unpaired) electrons. The number of hydrogen-bond acceptors (Lipinski definition) is 5. The van der Waals surface area contributed by atoms with E-state index in [4.69, 9.17) is 4.42 Å². The summed E-state index contributed by atoms with van der Waals surface area (Å²) in [6.45, 7) is 3.27. The third-order valence-electron chi connectivity index (χ3n) is 3.18. The molecule has 5 heteroatoms. The second-order valence-corrected chi connectivity index (χ2v) is 4.34. The molecule has 3 rings (SSSR count). The number of phenolic OH excluding ortho intramolecular Hbond substituents is 1. The molecule has 94 valence electrons. The Hall–Kier alpha value is -2.01. The van der Waals surface area contributed by atoms with Gasteiger partial charge in [0, 0.05) is 37.6 Å². The van der Waals surface area contributed by atoms with Gasteiger partial charge in [-0.15, -0.1) is 0 Å². The minimum Gasteiger partial charge on any atom is -0.506 e. The molecule has 0 saturated carbocycles. The average Bonchev–Trinajstić information content (AvgIpc) is 2.39. The minimum absolute atomic E-state index is 0.152. The van der Waals surface area contributed by atoms with E-state index in [0.717, 1.165) is 31.6 Å². The van der Waals surface area contributed by atoms with E-state index >= 15 is 0 Å². The van der Waals surface area contributed by atoms with Gasteiger partial charge in [0.05, 0.1) is 0 Å². The van der Waals surface area contributed by atoms with Crippen LogP contribution in [0.15, 0.2) is 33.5 Å². The fraction of sp³-hybridized carbons (Fsp3) is 0.308. The van der Waals surface area contributed by atoms with Crippen LogP contribution in [0.1, 0.15) is 0 Å². The Kier molecular flexibility index (Phi) is 2.68. The maximum Gasteiger partial charge on any atom is 0.336 e. The summed E-state index contributed by atoms with van der Waals surface area (Å²) in [5, 5.41) is 14.1. The molecule has 5 nitrogen and oxygen atoms in total. The molecule has 0 aliphatic carbocycles. The summed E-state index contributed by atoms with van der Waals surface area (Å²) in [7, 11) is 0. The third kappa shape index (κ3) is 1.82. The lowest BCUT2D eigenvalue weighted by atomic mass is 10.1. The molecule has 2 heterocycles. The van der Waals surface area contributed by atoms with Crippen molar-refractivity contribution in [1.29, 1.82) is 0 Å². The molecule has 0 unspecified atom stereocenters. The summed E-state index contributed by atoms with van der Waals surface area (Å²) in [5.74, 6) is 0.152. The Morgan fingerprint density at radius 2 is 1.89 bits per heavy atom. The van der Waals surface area contributed by atoms with Gasteiger partial charge in [-0.1, -0.05) is 0 Å². The van der Waals surface area contributed by atoms with E-state index in [1.54, 1.807) is 18.2 Å². The van der Waals surface area contributed by atoms with E-state index in [0.29, 0.717) is 11.3 Å². The Balaban J connectivity index is 2.21. The smallest absolute Gasteiger partial charge is 0.336 e. The van der Waals surface area contributed by atoms with Crippen molar-refractivity contribution in [2.75, 3.05) is 31.1 Å². The third-order valence-corrected chi connectivity index (χ3v) is 3.18. The van der Waals surface area contributed by atoms with Crippen molar-refractivity contribution in [3.05, 3.63) is 34.7 Å². The SMILES string of the molecule is O=c1ccc2ccc(O)c(N3CCNCC3)c2o1. The van der Waals surface area contributed by atoms with Crippen LogP contribution in [0.5, 0.6) is 5.75 Å². The minimum atomic E-state index is -0.399. The van der Waals surface area contributed by atoms with Crippen molar-refractivity contribution in [2.45, 2.75) is 0 Å². The predicted molar refractivity (Wildman–Crippen MR) is 69.2 cm³/mol. The number of fused-ring (bicyclic) bond motifs is 1. The monoisotopic (exact) mass is 246 g/mol. The molecule has 1 aliphatic rings. The molecule has 2 aromatic rings. The molecule has 2 N–H and O–H groups in total. The Morgan fingerprint density at radius 3 is 2.67 bits per heavy atom. The van der Waals surface area contributed by atoms with Crippen molar-refractivity contribution < 1.29 is 9.52 Å². The highest BCUT2D eigenvalue weighted by Crippen LogP contribution is 2.34. The van der Waals surface area contributed by atoms with Gasteiger partial charge in [-0.3, -0.25) is 0 Å². The van der Waals surface area contributed by atoms with Crippen molar-refractivity contribution in [3.8, 4) is 5.75 Å². The van der Waals surface area contributed by atoms with E-state index in [2.05, 4.69) is 5.32 Å². The van der Waals surface area contributed by atoms with Crippen LogP contribution >= 0.6 is 0 Å². The first kappa shape index (κ1) is 11.1. The Bertz CT molecular complexity index is 630. The summed E-state index contributed by atoms with van der Waals surface area (Å²) in [5.41, 5.74) is 0.681. The molecule has 0 spiro atoms. The summed E-state index contributed by atoms with van der Waals surface area (Å²) >= 11 is 0. The van der Waals surface area contributed by atoms with Gasteiger partial charge in [0.1, 0.15) is 11.4 Å². The molecular weight excluding hydrogens is 232 g/mol. The van der Waals surface area contributed by atoms with Crippen LogP contribution in [0, 0.1) is 0 Å². The molecule has 1 aromatic heterocycles. The fourth-order valence-corrected chi connectivity index (χ4v) is 2.30. The van der Waals surface area contributed by atoms with E-state index in [-0.39, 0.29) is 5.75 Å². The van der Waals surface area contributed by atoms with Crippen LogP contribution in [0.3, 0.4) is 0 Å². The van der Waals surface area contributed by atoms with Crippen LogP contribution < -0.4 is 15.8 Å². The second-order valence-electron chi connectivity index (χ2n) is 4.34. The van der Waals surface area contributed by atoms with Gasteiger partial charge in [0.25, 0.3) is 0 Å². The maximum atomic E-state index is 11.4. The van der Waals surface area contributed by atoms with E-state index in [1.807, 2.05) is 4.90 Å². The first-order valence-corrected chi connectivity index (χ1v) is 5.97. The molecular formula is C13H14N2O3. The number of rotatable bonds is 1. The predicted octanol–water partition coefficient (Wildman–Crippen LogP) is 0.908. The number of nitrogens with one attached hydrogen (secondary N) is 1. The first-order valence-electron chi connectivity index (χ1n) is 5.97. The number of anilines is 1. The van der Waals surface area contributed by atoms with Gasteiger partial charge in [-0.25, -0.2) is 4.79 Å².